The minimum atomic E-state index is -0.738. The fraction of sp³-hybridized carbons (Fsp3) is 0.467. The zero-order valence-electron chi connectivity index (χ0n) is 12.2. The number of carbonyl (C=O) groups is 2. The molecule has 1 aromatic rings. The van der Waals surface area contributed by atoms with Gasteiger partial charge in [0.05, 0.1) is 13.7 Å². The summed E-state index contributed by atoms with van der Waals surface area (Å²) in [6.07, 6.45) is -0.531. The Balaban J connectivity index is 2.34. The molecule has 0 fully saturated rings. The third-order valence-electron chi connectivity index (χ3n) is 3.04. The van der Waals surface area contributed by atoms with Gasteiger partial charge in [-0.25, -0.2) is 9.59 Å². The summed E-state index contributed by atoms with van der Waals surface area (Å²) in [7, 11) is 1.30. The second-order valence-electron chi connectivity index (χ2n) is 5.73. The molecule has 1 amide bonds. The number of ether oxygens (including phenoxy) is 2. The van der Waals surface area contributed by atoms with Crippen LogP contribution in [0.4, 0.5) is 4.79 Å². The SMILES string of the molecule is COC(=O)N1Cc2ccccc2[C@H]1C(=O)OC(C)(C)C. The molecule has 1 aromatic carbocycles. The first-order valence-corrected chi connectivity index (χ1v) is 6.49. The van der Waals surface area contributed by atoms with Crippen molar-refractivity contribution in [3.63, 3.8) is 0 Å². The lowest BCUT2D eigenvalue weighted by Crippen LogP contribution is -2.37. The summed E-state index contributed by atoms with van der Waals surface area (Å²) in [5.74, 6) is -0.437. The van der Waals surface area contributed by atoms with Crippen LogP contribution < -0.4 is 0 Å². The van der Waals surface area contributed by atoms with Crippen molar-refractivity contribution in [1.82, 2.24) is 4.90 Å². The quantitative estimate of drug-likeness (QED) is 0.740. The number of methoxy groups -OCH3 is 1. The van der Waals surface area contributed by atoms with E-state index in [9.17, 15) is 9.59 Å². The van der Waals surface area contributed by atoms with Crippen LogP contribution >= 0.6 is 0 Å². The highest BCUT2D eigenvalue weighted by atomic mass is 16.6. The average Bonchev–Trinajstić information content (AvgIpc) is 2.75. The van der Waals surface area contributed by atoms with E-state index in [1.807, 2.05) is 24.3 Å². The maximum Gasteiger partial charge on any atom is 0.410 e. The Hall–Kier alpha value is -2.04. The van der Waals surface area contributed by atoms with Crippen LogP contribution in [-0.2, 0) is 20.8 Å². The predicted molar refractivity (Wildman–Crippen MR) is 73.0 cm³/mol. The van der Waals surface area contributed by atoms with Crippen LogP contribution in [0.25, 0.3) is 0 Å². The number of nitrogens with zero attached hydrogens (tertiary/aromatic N) is 1. The van der Waals surface area contributed by atoms with Crippen molar-refractivity contribution in [2.45, 2.75) is 39.0 Å². The van der Waals surface area contributed by atoms with E-state index in [1.165, 1.54) is 12.0 Å². The molecule has 1 heterocycles. The molecule has 0 aromatic heterocycles. The molecule has 0 saturated heterocycles. The number of hydrogen-bond acceptors (Lipinski definition) is 4. The fourth-order valence-electron chi connectivity index (χ4n) is 2.29. The Labute approximate surface area is 118 Å². The number of amides is 1. The molecule has 1 aliphatic heterocycles. The minimum absolute atomic E-state index is 0.354. The first-order chi connectivity index (χ1) is 9.33. The molecule has 0 radical (unpaired) electrons. The van der Waals surface area contributed by atoms with Crippen molar-refractivity contribution in [2.75, 3.05) is 7.11 Å². The van der Waals surface area contributed by atoms with Gasteiger partial charge in [-0.3, -0.25) is 4.90 Å². The van der Waals surface area contributed by atoms with Gasteiger partial charge in [0.1, 0.15) is 5.60 Å². The monoisotopic (exact) mass is 277 g/mol. The zero-order valence-corrected chi connectivity index (χ0v) is 12.2. The largest absolute Gasteiger partial charge is 0.458 e. The molecule has 0 saturated carbocycles. The van der Waals surface area contributed by atoms with E-state index in [0.717, 1.165) is 11.1 Å². The Morgan fingerprint density at radius 2 is 1.90 bits per heavy atom. The van der Waals surface area contributed by atoms with Gasteiger partial charge in [-0.05, 0) is 31.9 Å². The molecule has 2 rings (SSSR count). The van der Waals surface area contributed by atoms with Gasteiger partial charge >= 0.3 is 12.1 Å². The van der Waals surface area contributed by atoms with Crippen molar-refractivity contribution >= 4 is 12.1 Å². The molecule has 1 atom stereocenters. The highest BCUT2D eigenvalue weighted by Gasteiger charge is 2.41. The Morgan fingerprint density at radius 1 is 1.25 bits per heavy atom. The third kappa shape index (κ3) is 2.76. The molecule has 0 bridgehead atoms. The van der Waals surface area contributed by atoms with E-state index in [1.54, 1.807) is 20.8 Å². The van der Waals surface area contributed by atoms with Gasteiger partial charge in [0.15, 0.2) is 6.04 Å². The molecular formula is C15H19NO4. The summed E-state index contributed by atoms with van der Waals surface area (Å²) >= 11 is 0. The summed E-state index contributed by atoms with van der Waals surface area (Å²) in [5.41, 5.74) is 1.14. The minimum Gasteiger partial charge on any atom is -0.458 e. The molecule has 20 heavy (non-hydrogen) atoms. The van der Waals surface area contributed by atoms with Gasteiger partial charge < -0.3 is 9.47 Å². The molecule has 0 aliphatic carbocycles. The molecule has 1 aliphatic rings. The van der Waals surface area contributed by atoms with Gasteiger partial charge in [0.2, 0.25) is 0 Å². The van der Waals surface area contributed by atoms with E-state index in [-0.39, 0.29) is 0 Å². The first-order valence-electron chi connectivity index (χ1n) is 6.49. The standard InChI is InChI=1S/C15H19NO4/c1-15(2,3)20-13(17)12-11-8-6-5-7-10(11)9-16(12)14(18)19-4/h5-8,12H,9H2,1-4H3/t12-/m0/s1. The number of esters is 1. The van der Waals surface area contributed by atoms with E-state index in [2.05, 4.69) is 0 Å². The topological polar surface area (TPSA) is 55.8 Å². The van der Waals surface area contributed by atoms with E-state index in [4.69, 9.17) is 9.47 Å². The molecule has 5 nitrogen and oxygen atoms in total. The fourth-order valence-corrected chi connectivity index (χ4v) is 2.29. The summed E-state index contributed by atoms with van der Waals surface area (Å²) in [6.45, 7) is 5.75. The molecule has 5 heteroatoms. The second-order valence-corrected chi connectivity index (χ2v) is 5.73. The number of fused-ring (bicyclic) bond motifs is 1. The third-order valence-corrected chi connectivity index (χ3v) is 3.04. The lowest BCUT2D eigenvalue weighted by Gasteiger charge is -2.27. The summed E-state index contributed by atoms with van der Waals surface area (Å²) in [4.78, 5) is 25.6. The van der Waals surface area contributed by atoms with Gasteiger partial charge in [-0.15, -0.1) is 0 Å². The summed E-state index contributed by atoms with van der Waals surface area (Å²) in [6, 6.07) is 6.73. The van der Waals surface area contributed by atoms with Gasteiger partial charge in [0.25, 0.3) is 0 Å². The number of benzene rings is 1. The van der Waals surface area contributed by atoms with Crippen molar-refractivity contribution in [1.29, 1.82) is 0 Å². The maximum absolute atomic E-state index is 12.4. The van der Waals surface area contributed by atoms with Gasteiger partial charge in [0, 0.05) is 0 Å². The van der Waals surface area contributed by atoms with Gasteiger partial charge in [-0.2, -0.15) is 0 Å². The Bertz CT molecular complexity index is 533. The van der Waals surface area contributed by atoms with Crippen molar-refractivity contribution in [3.05, 3.63) is 35.4 Å². The molecule has 0 N–H and O–H groups in total. The lowest BCUT2D eigenvalue weighted by atomic mass is 10.0. The molecular weight excluding hydrogens is 258 g/mol. The maximum atomic E-state index is 12.4. The lowest BCUT2D eigenvalue weighted by molar-refractivity contribution is -0.160. The van der Waals surface area contributed by atoms with Crippen LogP contribution in [0.1, 0.15) is 37.9 Å². The van der Waals surface area contributed by atoms with Crippen molar-refractivity contribution < 1.29 is 19.1 Å². The molecule has 108 valence electrons. The summed E-state index contributed by atoms with van der Waals surface area (Å²) < 4.78 is 10.2. The van der Waals surface area contributed by atoms with Crippen LogP contribution in [0.5, 0.6) is 0 Å². The smallest absolute Gasteiger partial charge is 0.410 e. The van der Waals surface area contributed by atoms with Crippen molar-refractivity contribution in [2.24, 2.45) is 0 Å². The average molecular weight is 277 g/mol. The Morgan fingerprint density at radius 3 is 2.50 bits per heavy atom. The molecule has 0 spiro atoms. The normalized spacial score (nSPS) is 17.6. The number of rotatable bonds is 1. The van der Waals surface area contributed by atoms with Crippen LogP contribution in [-0.4, -0.2) is 29.7 Å². The van der Waals surface area contributed by atoms with Crippen LogP contribution in [0.2, 0.25) is 0 Å². The van der Waals surface area contributed by atoms with Gasteiger partial charge in [-0.1, -0.05) is 24.3 Å². The van der Waals surface area contributed by atoms with Crippen LogP contribution in [0, 0.1) is 0 Å². The highest BCUT2D eigenvalue weighted by molar-refractivity contribution is 5.85. The van der Waals surface area contributed by atoms with E-state index < -0.39 is 23.7 Å². The highest BCUT2D eigenvalue weighted by Crippen LogP contribution is 2.35. The number of hydrogen-bond donors (Lipinski definition) is 0. The van der Waals surface area contributed by atoms with Crippen molar-refractivity contribution in [3.8, 4) is 0 Å². The second kappa shape index (κ2) is 5.15. The number of carbonyl (C=O) groups excluding carboxylic acids is 2. The van der Waals surface area contributed by atoms with E-state index in [0.29, 0.717) is 6.54 Å². The Kier molecular flexibility index (Phi) is 3.70. The zero-order chi connectivity index (χ0) is 14.9. The first kappa shape index (κ1) is 14.4. The van der Waals surface area contributed by atoms with Crippen LogP contribution in [0.15, 0.2) is 24.3 Å². The van der Waals surface area contributed by atoms with E-state index >= 15 is 0 Å². The van der Waals surface area contributed by atoms with Crippen LogP contribution in [0.3, 0.4) is 0 Å². The summed E-state index contributed by atoms with van der Waals surface area (Å²) in [5, 5.41) is 0. The predicted octanol–water partition coefficient (Wildman–Crippen LogP) is 2.65. The molecule has 0 unspecified atom stereocenters.